The summed E-state index contributed by atoms with van der Waals surface area (Å²) in [6.45, 7) is 6.33. The lowest BCUT2D eigenvalue weighted by atomic mass is 10.0. The molecule has 0 N–H and O–H groups in total. The van der Waals surface area contributed by atoms with Crippen LogP contribution in [0.3, 0.4) is 0 Å². The van der Waals surface area contributed by atoms with E-state index in [0.717, 1.165) is 116 Å². The summed E-state index contributed by atoms with van der Waals surface area (Å²) in [4.78, 5) is 38.2. The molecular weight excluding hydrogens is 949 g/mol. The molecule has 0 heterocycles. The summed E-state index contributed by atoms with van der Waals surface area (Å²) in [5.74, 6) is -1.00. The van der Waals surface area contributed by atoms with Crippen molar-refractivity contribution in [2.75, 3.05) is 13.2 Å². The second-order valence-corrected chi connectivity index (χ2v) is 20.5. The van der Waals surface area contributed by atoms with Crippen molar-refractivity contribution in [3.05, 3.63) is 134 Å². The summed E-state index contributed by atoms with van der Waals surface area (Å²) in [6.07, 6.45) is 90.5. The van der Waals surface area contributed by atoms with Crippen LogP contribution >= 0.6 is 0 Å². The molecule has 0 amide bonds. The van der Waals surface area contributed by atoms with E-state index in [1.807, 2.05) is 0 Å². The molecule has 1 unspecified atom stereocenters. The number of ether oxygens (including phenoxy) is 3. The quantitative estimate of drug-likeness (QED) is 0.0261. The molecule has 0 aliphatic heterocycles. The highest BCUT2D eigenvalue weighted by atomic mass is 16.6. The van der Waals surface area contributed by atoms with Gasteiger partial charge in [-0.2, -0.15) is 0 Å². The Morgan fingerprint density at radius 2 is 0.519 bits per heavy atom. The van der Waals surface area contributed by atoms with Gasteiger partial charge in [-0.3, -0.25) is 14.4 Å². The summed E-state index contributed by atoms with van der Waals surface area (Å²) in [7, 11) is 0. The SMILES string of the molecule is CC/C=C\C/C=C\C/C=C\C/C=C\C/C=C\CCCC(=O)OC(COC(=O)CCCCC/C=C\C/C=C\C/C=C\CC)COC(=O)CCCCCCCCCCCCCCCC/C=C\C/C=C\C/C=C\CCCCCCC. The summed E-state index contributed by atoms with van der Waals surface area (Å²) in [5.41, 5.74) is 0. The number of esters is 3. The zero-order chi connectivity index (χ0) is 55.7. The minimum atomic E-state index is -0.825. The van der Waals surface area contributed by atoms with E-state index in [1.54, 1.807) is 0 Å². The molecule has 0 radical (unpaired) electrons. The van der Waals surface area contributed by atoms with Gasteiger partial charge in [-0.15, -0.1) is 0 Å². The van der Waals surface area contributed by atoms with E-state index >= 15 is 0 Å². The topological polar surface area (TPSA) is 78.9 Å². The maximum absolute atomic E-state index is 12.9. The zero-order valence-electron chi connectivity index (χ0n) is 49.9. The number of carbonyl (C=O) groups is 3. The van der Waals surface area contributed by atoms with Gasteiger partial charge in [0.2, 0.25) is 0 Å². The van der Waals surface area contributed by atoms with Crippen LogP contribution < -0.4 is 0 Å². The van der Waals surface area contributed by atoms with Crippen molar-refractivity contribution in [3.63, 3.8) is 0 Å². The number of carbonyl (C=O) groups excluding carboxylic acids is 3. The lowest BCUT2D eigenvalue weighted by Crippen LogP contribution is -2.30. The van der Waals surface area contributed by atoms with E-state index in [9.17, 15) is 14.4 Å². The van der Waals surface area contributed by atoms with Gasteiger partial charge in [0.25, 0.3) is 0 Å². The van der Waals surface area contributed by atoms with Crippen LogP contribution in [0.15, 0.2) is 134 Å². The average Bonchev–Trinajstić information content (AvgIpc) is 3.43. The molecule has 0 spiro atoms. The predicted octanol–water partition coefficient (Wildman–Crippen LogP) is 21.8. The third kappa shape index (κ3) is 62.3. The number of hydrogen-bond donors (Lipinski definition) is 0. The Kier molecular flexibility index (Phi) is 60.4. The molecule has 0 aliphatic rings. The zero-order valence-corrected chi connectivity index (χ0v) is 49.9. The first-order valence-electron chi connectivity index (χ1n) is 31.7. The van der Waals surface area contributed by atoms with E-state index in [1.165, 1.54) is 116 Å². The van der Waals surface area contributed by atoms with E-state index in [4.69, 9.17) is 14.2 Å². The number of rotatable bonds is 56. The second kappa shape index (κ2) is 64.1. The third-order valence-electron chi connectivity index (χ3n) is 13.1. The Bertz CT molecular complexity index is 1650. The molecule has 0 bridgehead atoms. The highest BCUT2D eigenvalue weighted by molar-refractivity contribution is 5.71. The molecule has 436 valence electrons. The first-order chi connectivity index (χ1) is 38.0. The predicted molar refractivity (Wildman–Crippen MR) is 334 cm³/mol. The van der Waals surface area contributed by atoms with Crippen LogP contribution in [0.25, 0.3) is 0 Å². The summed E-state index contributed by atoms with van der Waals surface area (Å²) in [5, 5.41) is 0. The van der Waals surface area contributed by atoms with Crippen LogP contribution in [0.4, 0.5) is 0 Å². The fourth-order valence-corrected chi connectivity index (χ4v) is 8.44. The van der Waals surface area contributed by atoms with Crippen molar-refractivity contribution in [1.82, 2.24) is 0 Å². The van der Waals surface area contributed by atoms with Crippen molar-refractivity contribution in [1.29, 1.82) is 0 Å². The molecule has 0 saturated carbocycles. The molecule has 0 fully saturated rings. The summed E-state index contributed by atoms with van der Waals surface area (Å²) in [6, 6.07) is 0. The van der Waals surface area contributed by atoms with Gasteiger partial charge in [-0.25, -0.2) is 0 Å². The van der Waals surface area contributed by atoms with Crippen LogP contribution in [0, 0.1) is 0 Å². The maximum atomic E-state index is 12.9. The van der Waals surface area contributed by atoms with Crippen molar-refractivity contribution in [3.8, 4) is 0 Å². The van der Waals surface area contributed by atoms with E-state index in [-0.39, 0.29) is 37.5 Å². The number of hydrogen-bond acceptors (Lipinski definition) is 6. The van der Waals surface area contributed by atoms with Gasteiger partial charge in [-0.1, -0.05) is 264 Å². The minimum Gasteiger partial charge on any atom is -0.462 e. The Morgan fingerprint density at radius 3 is 0.844 bits per heavy atom. The fourth-order valence-electron chi connectivity index (χ4n) is 8.44. The highest BCUT2D eigenvalue weighted by Crippen LogP contribution is 2.15. The van der Waals surface area contributed by atoms with Crippen LogP contribution in [-0.2, 0) is 28.6 Å². The molecule has 77 heavy (non-hydrogen) atoms. The van der Waals surface area contributed by atoms with Crippen molar-refractivity contribution >= 4 is 17.9 Å². The van der Waals surface area contributed by atoms with Gasteiger partial charge < -0.3 is 14.2 Å². The smallest absolute Gasteiger partial charge is 0.306 e. The highest BCUT2D eigenvalue weighted by Gasteiger charge is 2.19. The molecule has 0 aromatic rings. The number of unbranched alkanes of at least 4 members (excludes halogenated alkanes) is 23. The minimum absolute atomic E-state index is 0.114. The van der Waals surface area contributed by atoms with Crippen molar-refractivity contribution in [2.45, 2.75) is 284 Å². The van der Waals surface area contributed by atoms with E-state index in [2.05, 4.69) is 154 Å². The molecule has 6 heteroatoms. The molecule has 0 rings (SSSR count). The molecule has 6 nitrogen and oxygen atoms in total. The second-order valence-electron chi connectivity index (χ2n) is 20.5. The molecule has 0 saturated heterocycles. The summed E-state index contributed by atoms with van der Waals surface area (Å²) < 4.78 is 16.8. The molecule has 0 aromatic heterocycles. The first-order valence-corrected chi connectivity index (χ1v) is 31.7. The normalized spacial score (nSPS) is 13.0. The maximum Gasteiger partial charge on any atom is 0.306 e. The van der Waals surface area contributed by atoms with Gasteiger partial charge >= 0.3 is 17.9 Å². The lowest BCUT2D eigenvalue weighted by Gasteiger charge is -2.18. The van der Waals surface area contributed by atoms with Gasteiger partial charge in [0.15, 0.2) is 6.10 Å². The molecule has 1 atom stereocenters. The molecule has 0 aromatic carbocycles. The largest absolute Gasteiger partial charge is 0.462 e. The standard InChI is InChI=1S/C71H116O6/c1-4-7-10-13-16-19-22-25-27-29-30-31-32-33-34-35-36-37-38-39-40-42-43-46-49-52-55-58-61-64-70(73)76-67-68(66-75-69(72)63-60-57-54-51-48-45-24-21-18-15-12-9-6-3)77-71(74)65-62-59-56-53-50-47-44-41-28-26-23-20-17-14-11-8-5-2/h8-9,11-12,17-18,20-22,25-26,28-30,32-33,44-45,47-48,53,56,68H,4-7,10,13-16,19,23-24,27,31,34-43,46,49-52,54-55,57-67H2,1-3H3/b11-8-,12-9-,20-17-,21-18-,25-22-,28-26-,30-29-,33-32-,47-44-,48-45-,56-53-. The Labute approximate surface area is 475 Å². The lowest BCUT2D eigenvalue weighted by molar-refractivity contribution is -0.167. The number of allylic oxidation sites excluding steroid dienone is 22. The van der Waals surface area contributed by atoms with Crippen molar-refractivity contribution in [2.24, 2.45) is 0 Å². The Morgan fingerprint density at radius 1 is 0.273 bits per heavy atom. The van der Waals surface area contributed by atoms with Crippen LogP contribution in [0.1, 0.15) is 278 Å². The summed E-state index contributed by atoms with van der Waals surface area (Å²) >= 11 is 0. The van der Waals surface area contributed by atoms with Crippen LogP contribution in [0.5, 0.6) is 0 Å². The molecule has 0 aliphatic carbocycles. The van der Waals surface area contributed by atoms with Gasteiger partial charge in [0.1, 0.15) is 13.2 Å². The van der Waals surface area contributed by atoms with Gasteiger partial charge in [-0.05, 0) is 128 Å². The van der Waals surface area contributed by atoms with Crippen molar-refractivity contribution < 1.29 is 28.6 Å². The Balaban J connectivity index is 4.33. The van der Waals surface area contributed by atoms with Gasteiger partial charge in [0.05, 0.1) is 0 Å². The van der Waals surface area contributed by atoms with E-state index in [0.29, 0.717) is 19.3 Å². The third-order valence-corrected chi connectivity index (χ3v) is 13.1. The Hall–Kier alpha value is -4.45. The average molecular weight is 1070 g/mol. The monoisotopic (exact) mass is 1060 g/mol. The van der Waals surface area contributed by atoms with Crippen LogP contribution in [-0.4, -0.2) is 37.2 Å². The molecular formula is C71H116O6. The first kappa shape index (κ1) is 72.5. The van der Waals surface area contributed by atoms with E-state index < -0.39 is 6.10 Å². The fraction of sp³-hybridized carbons (Fsp3) is 0.648. The van der Waals surface area contributed by atoms with Gasteiger partial charge in [0, 0.05) is 19.3 Å². The van der Waals surface area contributed by atoms with Crippen LogP contribution in [0.2, 0.25) is 0 Å².